The predicted octanol–water partition coefficient (Wildman–Crippen LogP) is 2.69. The number of piperazine rings is 1. The number of ether oxygens (including phenoxy) is 2. The SMILES string of the molecule is COc1ccc(-c2ccc(OCCN3CCN(C)CC3)cc2)c([CH]=[Ni])c1. The van der Waals surface area contributed by atoms with Gasteiger partial charge in [0.15, 0.2) is 0 Å². The van der Waals surface area contributed by atoms with Crippen molar-refractivity contribution in [3.8, 4) is 22.6 Å². The van der Waals surface area contributed by atoms with Gasteiger partial charge in [0.25, 0.3) is 0 Å². The molecule has 0 atom stereocenters. The summed E-state index contributed by atoms with van der Waals surface area (Å²) in [5.74, 6) is 1.73. The molecule has 3 rings (SSSR count). The van der Waals surface area contributed by atoms with Crippen LogP contribution in [-0.4, -0.2) is 68.3 Å². The van der Waals surface area contributed by atoms with Crippen LogP contribution in [-0.2, 0) is 15.0 Å². The van der Waals surface area contributed by atoms with Gasteiger partial charge in [-0.1, -0.05) is 0 Å². The van der Waals surface area contributed by atoms with Gasteiger partial charge in [-0.25, -0.2) is 0 Å². The van der Waals surface area contributed by atoms with Gasteiger partial charge < -0.3 is 4.90 Å². The topological polar surface area (TPSA) is 24.9 Å². The Morgan fingerprint density at radius 3 is 2.35 bits per heavy atom. The van der Waals surface area contributed by atoms with Crippen molar-refractivity contribution in [2.45, 2.75) is 0 Å². The molecule has 0 bridgehead atoms. The summed E-state index contributed by atoms with van der Waals surface area (Å²) in [5, 5.41) is 0. The Labute approximate surface area is 163 Å². The molecule has 26 heavy (non-hydrogen) atoms. The van der Waals surface area contributed by atoms with E-state index in [1.54, 1.807) is 12.1 Å². The van der Waals surface area contributed by atoms with E-state index in [0.717, 1.165) is 67.5 Å². The molecule has 1 aliphatic rings. The van der Waals surface area contributed by atoms with Crippen molar-refractivity contribution in [3.63, 3.8) is 0 Å². The maximum absolute atomic E-state index is 5.92. The summed E-state index contributed by atoms with van der Waals surface area (Å²) in [6.07, 6.45) is 0. The number of hydrogen-bond acceptors (Lipinski definition) is 4. The first-order valence-corrected chi connectivity index (χ1v) is 9.48. The van der Waals surface area contributed by atoms with E-state index in [1.165, 1.54) is 0 Å². The van der Waals surface area contributed by atoms with Gasteiger partial charge in [-0.15, -0.1) is 0 Å². The molecule has 1 heterocycles. The Kier molecular flexibility index (Phi) is 6.84. The molecule has 0 radical (unpaired) electrons. The molecule has 0 spiro atoms. The van der Waals surface area contributed by atoms with Crippen molar-refractivity contribution in [2.24, 2.45) is 0 Å². The van der Waals surface area contributed by atoms with Crippen molar-refractivity contribution in [2.75, 3.05) is 53.5 Å². The van der Waals surface area contributed by atoms with Crippen LogP contribution in [0.1, 0.15) is 5.56 Å². The van der Waals surface area contributed by atoms with Crippen molar-refractivity contribution in [1.29, 1.82) is 0 Å². The summed E-state index contributed by atoms with van der Waals surface area (Å²) in [6, 6.07) is 14.2. The summed E-state index contributed by atoms with van der Waals surface area (Å²) in [4.78, 5) is 6.56. The zero-order valence-corrected chi connectivity index (χ0v) is 16.4. The predicted molar refractivity (Wildman–Crippen MR) is 103 cm³/mol. The van der Waals surface area contributed by atoms with Crippen LogP contribution in [0.4, 0.5) is 0 Å². The first-order chi connectivity index (χ1) is 12.7. The quantitative estimate of drug-likeness (QED) is 0.671. The second kappa shape index (κ2) is 9.32. The molecule has 1 saturated heterocycles. The summed E-state index contributed by atoms with van der Waals surface area (Å²) >= 11 is 4.84. The average Bonchev–Trinajstić information content (AvgIpc) is 2.69. The van der Waals surface area contributed by atoms with Crippen LogP contribution in [0.25, 0.3) is 11.1 Å². The normalized spacial score (nSPS) is 15.7. The van der Waals surface area contributed by atoms with Crippen LogP contribution in [0.3, 0.4) is 0 Å². The van der Waals surface area contributed by atoms with E-state index in [4.69, 9.17) is 24.5 Å². The molecule has 0 aliphatic carbocycles. The van der Waals surface area contributed by atoms with Gasteiger partial charge in [0.1, 0.15) is 0 Å². The zero-order chi connectivity index (χ0) is 18.4. The standard InChI is InChI=1S/C21H26N2O2.Ni/c1-17-16-20(24-3)8-9-21(17)18-4-6-19(7-5-18)25-15-14-23-12-10-22(2)11-13-23;/h1,4-9,16H,10-15H2,2-3H3;. The molecule has 2 aromatic rings. The van der Waals surface area contributed by atoms with Gasteiger partial charge in [0.2, 0.25) is 0 Å². The van der Waals surface area contributed by atoms with Gasteiger partial charge in [0, 0.05) is 13.1 Å². The fourth-order valence-corrected chi connectivity index (χ4v) is 3.34. The van der Waals surface area contributed by atoms with Crippen LogP contribution in [0.15, 0.2) is 42.5 Å². The van der Waals surface area contributed by atoms with Crippen LogP contribution < -0.4 is 9.47 Å². The molecule has 0 unspecified atom stereocenters. The first-order valence-electron chi connectivity index (χ1n) is 8.91. The molecular weight excluding hydrogens is 371 g/mol. The second-order valence-electron chi connectivity index (χ2n) is 6.56. The van der Waals surface area contributed by atoms with Gasteiger partial charge in [-0.2, -0.15) is 0 Å². The van der Waals surface area contributed by atoms with E-state index in [0.29, 0.717) is 0 Å². The van der Waals surface area contributed by atoms with Crippen LogP contribution in [0, 0.1) is 0 Å². The molecule has 2 aromatic carbocycles. The molecule has 4 nitrogen and oxygen atoms in total. The van der Waals surface area contributed by atoms with E-state index in [-0.39, 0.29) is 0 Å². The third-order valence-electron chi connectivity index (χ3n) is 4.79. The van der Waals surface area contributed by atoms with Crippen molar-refractivity contribution < 1.29 is 24.5 Å². The summed E-state index contributed by atoms with van der Waals surface area (Å²) in [6.45, 7) is 6.22. The summed E-state index contributed by atoms with van der Waals surface area (Å²) in [5.41, 5.74) is 3.25. The summed E-state index contributed by atoms with van der Waals surface area (Å²) < 4.78 is 11.2. The monoisotopic (exact) mass is 396 g/mol. The van der Waals surface area contributed by atoms with Gasteiger partial charge in [-0.3, -0.25) is 0 Å². The zero-order valence-electron chi connectivity index (χ0n) is 15.4. The molecule has 0 saturated carbocycles. The van der Waals surface area contributed by atoms with Crippen LogP contribution in [0.2, 0.25) is 0 Å². The van der Waals surface area contributed by atoms with Gasteiger partial charge in [0.05, 0.1) is 0 Å². The molecule has 0 N–H and O–H groups in total. The fourth-order valence-electron chi connectivity index (χ4n) is 3.10. The minimum atomic E-state index is 0.721. The molecule has 142 valence electrons. The molecule has 1 fully saturated rings. The first kappa shape index (κ1) is 19.1. The van der Waals surface area contributed by atoms with Crippen molar-refractivity contribution in [3.05, 3.63) is 48.0 Å². The Morgan fingerprint density at radius 1 is 1.00 bits per heavy atom. The fraction of sp³-hybridized carbons (Fsp3) is 0.381. The molecule has 1 aliphatic heterocycles. The minimum absolute atomic E-state index is 0.721. The number of benzene rings is 2. The Hall–Kier alpha value is -1.68. The average molecular weight is 397 g/mol. The molecule has 0 amide bonds. The number of likely N-dealkylation sites (N-methyl/N-ethyl adjacent to an activating group) is 1. The molecular formula is C21H26N2NiO2. The second-order valence-corrected chi connectivity index (χ2v) is 6.85. The Morgan fingerprint density at radius 2 is 1.69 bits per heavy atom. The number of methoxy groups -OCH3 is 1. The third-order valence-corrected chi connectivity index (χ3v) is 5.10. The van der Waals surface area contributed by atoms with E-state index in [9.17, 15) is 0 Å². The third kappa shape index (κ3) is 4.94. The number of nitrogens with zero attached hydrogens (tertiary/aromatic N) is 2. The maximum atomic E-state index is 5.92. The Balaban J connectivity index is 1.57. The van der Waals surface area contributed by atoms with Crippen molar-refractivity contribution >= 4 is 4.99 Å². The molecule has 5 heteroatoms. The summed E-state index contributed by atoms with van der Waals surface area (Å²) in [7, 11) is 3.84. The Bertz CT molecular complexity index is 725. The van der Waals surface area contributed by atoms with E-state index in [1.807, 2.05) is 30.3 Å². The van der Waals surface area contributed by atoms with E-state index >= 15 is 0 Å². The van der Waals surface area contributed by atoms with Gasteiger partial charge >= 0.3 is 138 Å². The number of hydrogen-bond donors (Lipinski definition) is 0. The van der Waals surface area contributed by atoms with Crippen molar-refractivity contribution in [1.82, 2.24) is 9.80 Å². The van der Waals surface area contributed by atoms with Gasteiger partial charge in [-0.05, 0) is 7.05 Å². The van der Waals surface area contributed by atoms with E-state index in [2.05, 4.69) is 29.0 Å². The van der Waals surface area contributed by atoms with E-state index < -0.39 is 0 Å². The molecule has 0 aromatic heterocycles. The number of rotatable bonds is 7. The van der Waals surface area contributed by atoms with Crippen LogP contribution in [0.5, 0.6) is 11.5 Å². The van der Waals surface area contributed by atoms with Crippen LogP contribution >= 0.6 is 0 Å².